The van der Waals surface area contributed by atoms with E-state index in [0.29, 0.717) is 164 Å². The molecule has 0 heterocycles. The van der Waals surface area contributed by atoms with Crippen molar-refractivity contribution in [2.75, 3.05) is 159 Å². The Kier molecular flexibility index (Phi) is 35.8. The summed E-state index contributed by atoms with van der Waals surface area (Å²) in [5, 5.41) is 0. The van der Waals surface area contributed by atoms with E-state index < -0.39 is 0 Å². The molecule has 0 aliphatic heterocycles. The van der Waals surface area contributed by atoms with Gasteiger partial charge in [0, 0.05) is 18.9 Å². The van der Waals surface area contributed by atoms with Crippen LogP contribution in [0, 0.1) is 11.3 Å². The number of ketones is 1. The van der Waals surface area contributed by atoms with Crippen molar-refractivity contribution in [3.05, 3.63) is 0 Å². The minimum atomic E-state index is 0.0603. The molecule has 0 unspecified atom stereocenters. The first-order chi connectivity index (χ1) is 22.8. The summed E-state index contributed by atoms with van der Waals surface area (Å²) in [6, 6.07) is 0. The summed E-state index contributed by atoms with van der Waals surface area (Å²) < 4.78 is 65.7. The predicted molar refractivity (Wildman–Crippen MR) is 178 cm³/mol. The lowest BCUT2D eigenvalue weighted by atomic mass is 9.93. The molecule has 0 amide bonds. The Balaban J connectivity index is 3.08. The van der Waals surface area contributed by atoms with E-state index in [-0.39, 0.29) is 11.7 Å². The standard InChI is InChI=1S/C34H68O13/c1-32(2)33(35)6-8-36-10-12-38-14-16-40-18-20-42-22-24-44-26-28-46-30-31-47-29-27-45-25-23-43-21-19-41-17-15-39-13-11-37-9-7-34(3,4)5/h32H,6-31H2,1-5H3. The summed E-state index contributed by atoms with van der Waals surface area (Å²) in [6.45, 7) is 23.0. The maximum atomic E-state index is 11.5. The van der Waals surface area contributed by atoms with Crippen LogP contribution >= 0.6 is 0 Å². The van der Waals surface area contributed by atoms with E-state index in [2.05, 4.69) is 20.8 Å². The van der Waals surface area contributed by atoms with Crippen molar-refractivity contribution in [3.63, 3.8) is 0 Å². The van der Waals surface area contributed by atoms with Crippen LogP contribution < -0.4 is 0 Å². The number of Topliss-reactive ketones (excluding diaryl/α,β-unsaturated/α-hetero) is 1. The fourth-order valence-electron chi connectivity index (χ4n) is 3.36. The molecule has 0 aromatic rings. The van der Waals surface area contributed by atoms with Gasteiger partial charge in [0.25, 0.3) is 0 Å². The topological polar surface area (TPSA) is 128 Å². The second-order valence-electron chi connectivity index (χ2n) is 12.0. The van der Waals surface area contributed by atoms with Crippen LogP contribution in [0.4, 0.5) is 0 Å². The Hall–Kier alpha value is -0.810. The zero-order valence-electron chi connectivity index (χ0n) is 30.3. The van der Waals surface area contributed by atoms with Gasteiger partial charge in [-0.15, -0.1) is 0 Å². The second kappa shape index (κ2) is 36.5. The van der Waals surface area contributed by atoms with E-state index >= 15 is 0 Å². The Morgan fingerprint density at radius 2 is 0.553 bits per heavy atom. The number of carbonyl (C=O) groups is 1. The molecule has 0 saturated heterocycles. The van der Waals surface area contributed by atoms with Gasteiger partial charge in [-0.25, -0.2) is 0 Å². The molecule has 0 aliphatic rings. The second-order valence-corrected chi connectivity index (χ2v) is 12.0. The fourth-order valence-corrected chi connectivity index (χ4v) is 3.36. The number of hydrogen-bond acceptors (Lipinski definition) is 13. The van der Waals surface area contributed by atoms with E-state index in [4.69, 9.17) is 56.8 Å². The summed E-state index contributed by atoms with van der Waals surface area (Å²) >= 11 is 0. The van der Waals surface area contributed by atoms with Crippen LogP contribution in [0.2, 0.25) is 0 Å². The molecule has 0 radical (unpaired) electrons. The summed E-state index contributed by atoms with van der Waals surface area (Å²) in [5.74, 6) is 0.280. The summed E-state index contributed by atoms with van der Waals surface area (Å²) in [7, 11) is 0. The van der Waals surface area contributed by atoms with Crippen molar-refractivity contribution >= 4 is 5.78 Å². The molecule has 0 aliphatic carbocycles. The first-order valence-electron chi connectivity index (χ1n) is 17.3. The highest BCUT2D eigenvalue weighted by Crippen LogP contribution is 2.17. The average Bonchev–Trinajstić information content (AvgIpc) is 3.03. The molecule has 0 N–H and O–H groups in total. The number of hydrogen-bond donors (Lipinski definition) is 0. The predicted octanol–water partition coefficient (Wildman–Crippen LogP) is 3.24. The van der Waals surface area contributed by atoms with E-state index in [9.17, 15) is 4.79 Å². The molecule has 0 bridgehead atoms. The van der Waals surface area contributed by atoms with Crippen LogP contribution in [-0.2, 0) is 61.6 Å². The molecule has 13 heteroatoms. The molecule has 0 rings (SSSR count). The van der Waals surface area contributed by atoms with Gasteiger partial charge in [-0.05, 0) is 11.8 Å². The third kappa shape index (κ3) is 41.3. The molecular weight excluding hydrogens is 616 g/mol. The highest BCUT2D eigenvalue weighted by molar-refractivity contribution is 5.80. The lowest BCUT2D eigenvalue weighted by molar-refractivity contribution is -0.123. The van der Waals surface area contributed by atoms with E-state index in [1.165, 1.54) is 0 Å². The highest BCUT2D eigenvalue weighted by atomic mass is 16.6. The fraction of sp³-hybridized carbons (Fsp3) is 0.971. The van der Waals surface area contributed by atoms with Gasteiger partial charge in [0.05, 0.1) is 152 Å². The van der Waals surface area contributed by atoms with Gasteiger partial charge < -0.3 is 56.8 Å². The van der Waals surface area contributed by atoms with Gasteiger partial charge in [-0.1, -0.05) is 34.6 Å². The number of carbonyl (C=O) groups excluding carboxylic acids is 1. The summed E-state index contributed by atoms with van der Waals surface area (Å²) in [5.41, 5.74) is 0.302. The van der Waals surface area contributed by atoms with Crippen LogP contribution in [0.15, 0.2) is 0 Å². The normalized spacial score (nSPS) is 12.0. The Bertz CT molecular complexity index is 632. The van der Waals surface area contributed by atoms with Gasteiger partial charge in [-0.3, -0.25) is 4.79 Å². The van der Waals surface area contributed by atoms with Gasteiger partial charge in [0.15, 0.2) is 0 Å². The Morgan fingerprint density at radius 3 is 0.745 bits per heavy atom. The smallest absolute Gasteiger partial charge is 0.137 e. The van der Waals surface area contributed by atoms with Crippen LogP contribution in [-0.4, -0.2) is 164 Å². The lowest BCUT2D eigenvalue weighted by Gasteiger charge is -2.17. The largest absolute Gasteiger partial charge is 0.379 e. The van der Waals surface area contributed by atoms with Crippen molar-refractivity contribution in [3.8, 4) is 0 Å². The van der Waals surface area contributed by atoms with Gasteiger partial charge in [0.1, 0.15) is 5.78 Å². The third-order valence-corrected chi connectivity index (χ3v) is 6.23. The molecule has 0 atom stereocenters. The van der Waals surface area contributed by atoms with Gasteiger partial charge in [-0.2, -0.15) is 0 Å². The monoisotopic (exact) mass is 684 g/mol. The quantitative estimate of drug-likeness (QED) is 0.0880. The van der Waals surface area contributed by atoms with Gasteiger partial charge in [0.2, 0.25) is 0 Å². The number of rotatable bonds is 39. The highest BCUT2D eigenvalue weighted by Gasteiger charge is 2.09. The maximum Gasteiger partial charge on any atom is 0.137 e. The van der Waals surface area contributed by atoms with E-state index in [1.54, 1.807) is 0 Å². The van der Waals surface area contributed by atoms with E-state index in [1.807, 2.05) is 13.8 Å². The molecule has 47 heavy (non-hydrogen) atoms. The molecular formula is C34H68O13. The molecule has 0 saturated carbocycles. The zero-order chi connectivity index (χ0) is 34.5. The molecule has 0 aromatic carbocycles. The molecule has 282 valence electrons. The molecule has 13 nitrogen and oxygen atoms in total. The third-order valence-electron chi connectivity index (χ3n) is 6.23. The van der Waals surface area contributed by atoms with Crippen LogP contribution in [0.1, 0.15) is 47.5 Å². The maximum absolute atomic E-state index is 11.5. The minimum absolute atomic E-state index is 0.0603. The van der Waals surface area contributed by atoms with Crippen molar-refractivity contribution < 1.29 is 61.6 Å². The lowest BCUT2D eigenvalue weighted by Crippen LogP contribution is -2.16. The molecule has 0 aromatic heterocycles. The van der Waals surface area contributed by atoms with E-state index in [0.717, 1.165) is 13.0 Å². The number of ether oxygens (including phenoxy) is 12. The first-order valence-corrected chi connectivity index (χ1v) is 17.3. The van der Waals surface area contributed by atoms with Crippen molar-refractivity contribution in [1.29, 1.82) is 0 Å². The minimum Gasteiger partial charge on any atom is -0.379 e. The van der Waals surface area contributed by atoms with Crippen molar-refractivity contribution in [2.45, 2.75) is 47.5 Å². The zero-order valence-corrected chi connectivity index (χ0v) is 30.3. The summed E-state index contributed by atoms with van der Waals surface area (Å²) in [6.07, 6.45) is 1.50. The Morgan fingerprint density at radius 1 is 0.362 bits per heavy atom. The van der Waals surface area contributed by atoms with Crippen molar-refractivity contribution in [1.82, 2.24) is 0 Å². The molecule has 0 fully saturated rings. The molecule has 0 spiro atoms. The van der Waals surface area contributed by atoms with Crippen molar-refractivity contribution in [2.24, 2.45) is 11.3 Å². The summed E-state index contributed by atoms with van der Waals surface area (Å²) in [4.78, 5) is 11.5. The first kappa shape index (κ1) is 46.2. The van der Waals surface area contributed by atoms with Gasteiger partial charge >= 0.3 is 0 Å². The van der Waals surface area contributed by atoms with Crippen LogP contribution in [0.5, 0.6) is 0 Å². The average molecular weight is 685 g/mol. The SMILES string of the molecule is CC(C)C(=O)CCOCCOCCOCCOCCOCCOCCOCCOCCOCCOCCOCCOCCC(C)(C)C. The Labute approximate surface area is 284 Å². The van der Waals surface area contributed by atoms with Crippen LogP contribution in [0.3, 0.4) is 0 Å². The van der Waals surface area contributed by atoms with Crippen LogP contribution in [0.25, 0.3) is 0 Å².